The van der Waals surface area contributed by atoms with Crippen molar-refractivity contribution in [3.63, 3.8) is 0 Å². The van der Waals surface area contributed by atoms with Crippen LogP contribution in [0.5, 0.6) is 0 Å². The van der Waals surface area contributed by atoms with Gasteiger partial charge in [-0.2, -0.15) is 0 Å². The lowest BCUT2D eigenvalue weighted by atomic mass is 10.2. The fourth-order valence-corrected chi connectivity index (χ4v) is 1.77. The summed E-state index contributed by atoms with van der Waals surface area (Å²) in [7, 11) is 0. The van der Waals surface area contributed by atoms with Gasteiger partial charge in [-0.25, -0.2) is 4.79 Å². The Labute approximate surface area is 157 Å². The van der Waals surface area contributed by atoms with Crippen LogP contribution >= 0.6 is 12.4 Å². The molecule has 10 heteroatoms. The number of anilines is 1. The molecule has 1 aromatic rings. The van der Waals surface area contributed by atoms with Crippen molar-refractivity contribution in [2.75, 3.05) is 25.0 Å². The molecule has 0 spiro atoms. The number of benzene rings is 1. The first-order valence-electron chi connectivity index (χ1n) is 7.71. The fraction of sp³-hybridized carbons (Fsp3) is 0.375. The van der Waals surface area contributed by atoms with Gasteiger partial charge >= 0.3 is 5.97 Å². The van der Waals surface area contributed by atoms with Gasteiger partial charge in [-0.1, -0.05) is 0 Å². The molecule has 3 amide bonds. The number of amides is 3. The predicted molar refractivity (Wildman–Crippen MR) is 97.9 cm³/mol. The van der Waals surface area contributed by atoms with E-state index in [4.69, 9.17) is 10.5 Å². The zero-order valence-corrected chi connectivity index (χ0v) is 15.4. The minimum atomic E-state index is -0.766. The van der Waals surface area contributed by atoms with E-state index in [1.54, 1.807) is 6.92 Å². The first-order chi connectivity index (χ1) is 11.9. The van der Waals surface area contributed by atoms with Crippen molar-refractivity contribution >= 4 is 41.8 Å². The SMILES string of the molecule is CCOC(=O)C(C)NC(=O)c1ccc(NC(=O)CNC(=O)CN)cc1.Cl. The Bertz CT molecular complexity index is 636. The highest BCUT2D eigenvalue weighted by molar-refractivity contribution is 5.98. The third-order valence-electron chi connectivity index (χ3n) is 3.05. The predicted octanol–water partition coefficient (Wildman–Crippen LogP) is -0.197. The zero-order chi connectivity index (χ0) is 18.8. The van der Waals surface area contributed by atoms with Crippen molar-refractivity contribution < 1.29 is 23.9 Å². The number of halogens is 1. The summed E-state index contributed by atoms with van der Waals surface area (Å²) in [6, 6.07) is 5.31. The van der Waals surface area contributed by atoms with Crippen molar-refractivity contribution in [1.82, 2.24) is 10.6 Å². The molecule has 1 rings (SSSR count). The van der Waals surface area contributed by atoms with Gasteiger partial charge in [-0.05, 0) is 38.1 Å². The highest BCUT2D eigenvalue weighted by Gasteiger charge is 2.17. The lowest BCUT2D eigenvalue weighted by molar-refractivity contribution is -0.144. The first kappa shape index (κ1) is 23.4. The maximum atomic E-state index is 12.0. The Morgan fingerprint density at radius 2 is 1.73 bits per heavy atom. The summed E-state index contributed by atoms with van der Waals surface area (Å²) in [5, 5.41) is 7.42. The Morgan fingerprint density at radius 1 is 1.12 bits per heavy atom. The topological polar surface area (TPSA) is 140 Å². The molecular weight excluding hydrogens is 364 g/mol. The third kappa shape index (κ3) is 7.95. The van der Waals surface area contributed by atoms with Gasteiger partial charge in [0.05, 0.1) is 19.7 Å². The first-order valence-corrected chi connectivity index (χ1v) is 7.71. The minimum absolute atomic E-state index is 0. The van der Waals surface area contributed by atoms with E-state index in [-0.39, 0.29) is 32.1 Å². The van der Waals surface area contributed by atoms with E-state index in [0.29, 0.717) is 11.3 Å². The molecule has 0 aliphatic heterocycles. The van der Waals surface area contributed by atoms with Crippen LogP contribution in [0.15, 0.2) is 24.3 Å². The largest absolute Gasteiger partial charge is 0.464 e. The highest BCUT2D eigenvalue weighted by Crippen LogP contribution is 2.09. The van der Waals surface area contributed by atoms with Gasteiger partial charge in [0.25, 0.3) is 5.91 Å². The molecule has 0 aliphatic rings. The standard InChI is InChI=1S/C16H22N4O5.ClH/c1-3-25-16(24)10(2)19-15(23)11-4-6-12(7-5-11)20-14(22)9-18-13(21)8-17;/h4-7,10H,3,8-9,17H2,1-2H3,(H,18,21)(H,19,23)(H,20,22);1H. The van der Waals surface area contributed by atoms with Crippen LogP contribution in [-0.4, -0.2) is 49.4 Å². The lowest BCUT2D eigenvalue weighted by Gasteiger charge is -2.13. The van der Waals surface area contributed by atoms with Crippen LogP contribution in [0, 0.1) is 0 Å². The lowest BCUT2D eigenvalue weighted by Crippen LogP contribution is -2.39. The molecule has 1 atom stereocenters. The van der Waals surface area contributed by atoms with E-state index < -0.39 is 29.7 Å². The zero-order valence-electron chi connectivity index (χ0n) is 14.5. The maximum absolute atomic E-state index is 12.0. The van der Waals surface area contributed by atoms with E-state index in [1.165, 1.54) is 31.2 Å². The summed E-state index contributed by atoms with van der Waals surface area (Å²) in [5.41, 5.74) is 5.90. The number of ether oxygens (including phenoxy) is 1. The Kier molecular flexibility index (Phi) is 10.6. The second-order valence-corrected chi connectivity index (χ2v) is 5.05. The van der Waals surface area contributed by atoms with Gasteiger partial charge in [0, 0.05) is 11.3 Å². The molecule has 9 nitrogen and oxygen atoms in total. The van der Waals surface area contributed by atoms with Crippen molar-refractivity contribution in [3.8, 4) is 0 Å². The van der Waals surface area contributed by atoms with Crippen LogP contribution in [0.4, 0.5) is 5.69 Å². The molecule has 0 fully saturated rings. The summed E-state index contributed by atoms with van der Waals surface area (Å²) in [6.07, 6.45) is 0. The van der Waals surface area contributed by atoms with Crippen LogP contribution in [-0.2, 0) is 19.1 Å². The van der Waals surface area contributed by atoms with Crippen LogP contribution < -0.4 is 21.7 Å². The number of hydrogen-bond donors (Lipinski definition) is 4. The van der Waals surface area contributed by atoms with E-state index in [0.717, 1.165) is 0 Å². The second-order valence-electron chi connectivity index (χ2n) is 5.05. The normalized spacial score (nSPS) is 10.7. The third-order valence-corrected chi connectivity index (χ3v) is 3.05. The van der Waals surface area contributed by atoms with E-state index in [9.17, 15) is 19.2 Å². The van der Waals surface area contributed by atoms with Crippen molar-refractivity contribution in [1.29, 1.82) is 0 Å². The number of carbonyl (C=O) groups is 4. The number of rotatable bonds is 8. The summed E-state index contributed by atoms with van der Waals surface area (Å²) in [6.45, 7) is 3.05. The maximum Gasteiger partial charge on any atom is 0.328 e. The molecule has 1 unspecified atom stereocenters. The van der Waals surface area contributed by atoms with Gasteiger partial charge in [-0.15, -0.1) is 12.4 Å². The quantitative estimate of drug-likeness (QED) is 0.456. The number of esters is 1. The van der Waals surface area contributed by atoms with Crippen molar-refractivity contribution in [2.24, 2.45) is 5.73 Å². The molecule has 5 N–H and O–H groups in total. The Morgan fingerprint density at radius 3 is 2.27 bits per heavy atom. The monoisotopic (exact) mass is 386 g/mol. The van der Waals surface area contributed by atoms with Gasteiger partial charge < -0.3 is 26.4 Å². The molecule has 26 heavy (non-hydrogen) atoms. The second kappa shape index (κ2) is 11.8. The highest BCUT2D eigenvalue weighted by atomic mass is 35.5. The van der Waals surface area contributed by atoms with Gasteiger partial charge in [0.2, 0.25) is 11.8 Å². The number of carbonyl (C=O) groups excluding carboxylic acids is 4. The van der Waals surface area contributed by atoms with Gasteiger partial charge in [-0.3, -0.25) is 14.4 Å². The molecule has 0 heterocycles. The van der Waals surface area contributed by atoms with E-state index in [2.05, 4.69) is 16.0 Å². The molecule has 144 valence electrons. The molecule has 0 aliphatic carbocycles. The van der Waals surface area contributed by atoms with Crippen molar-refractivity contribution in [3.05, 3.63) is 29.8 Å². The number of nitrogens with one attached hydrogen (secondary N) is 3. The Hall–Kier alpha value is -2.65. The number of nitrogens with two attached hydrogens (primary N) is 1. The van der Waals surface area contributed by atoms with Gasteiger partial charge in [0.15, 0.2) is 0 Å². The average molecular weight is 387 g/mol. The van der Waals surface area contributed by atoms with E-state index in [1.807, 2.05) is 0 Å². The summed E-state index contributed by atoms with van der Waals surface area (Å²) in [4.78, 5) is 46.1. The fourth-order valence-electron chi connectivity index (χ4n) is 1.77. The van der Waals surface area contributed by atoms with Crippen molar-refractivity contribution in [2.45, 2.75) is 19.9 Å². The molecular formula is C16H23ClN4O5. The minimum Gasteiger partial charge on any atom is -0.464 e. The molecule has 0 bridgehead atoms. The molecule has 1 aromatic carbocycles. The van der Waals surface area contributed by atoms with Crippen LogP contribution in [0.25, 0.3) is 0 Å². The molecule has 0 saturated heterocycles. The van der Waals surface area contributed by atoms with Gasteiger partial charge in [0.1, 0.15) is 6.04 Å². The van der Waals surface area contributed by atoms with Crippen LogP contribution in [0.3, 0.4) is 0 Å². The summed E-state index contributed by atoms with van der Waals surface area (Å²) >= 11 is 0. The molecule has 0 radical (unpaired) electrons. The average Bonchev–Trinajstić information content (AvgIpc) is 2.60. The number of hydrogen-bond acceptors (Lipinski definition) is 6. The smallest absolute Gasteiger partial charge is 0.328 e. The van der Waals surface area contributed by atoms with Crippen LogP contribution in [0.2, 0.25) is 0 Å². The van der Waals surface area contributed by atoms with Crippen LogP contribution in [0.1, 0.15) is 24.2 Å². The summed E-state index contributed by atoms with van der Waals surface area (Å²) in [5.74, 6) is -1.80. The molecule has 0 aromatic heterocycles. The van der Waals surface area contributed by atoms with E-state index >= 15 is 0 Å². The molecule has 0 saturated carbocycles. The summed E-state index contributed by atoms with van der Waals surface area (Å²) < 4.78 is 4.81. The Balaban J connectivity index is 0.00000625.